The van der Waals surface area contributed by atoms with E-state index in [1.54, 1.807) is 0 Å². The van der Waals surface area contributed by atoms with Gasteiger partial charge in [0, 0.05) is 4.47 Å². The third-order valence-electron chi connectivity index (χ3n) is 1.74. The lowest BCUT2D eigenvalue weighted by Crippen LogP contribution is -2.00. The van der Waals surface area contributed by atoms with Crippen LogP contribution in [0.4, 0.5) is 0 Å². The quantitative estimate of drug-likeness (QED) is 0.799. The molecule has 0 saturated carbocycles. The minimum Gasteiger partial charge on any atom is -0.387 e. The van der Waals surface area contributed by atoms with Crippen LogP contribution in [0.3, 0.4) is 0 Å². The molecule has 1 aromatic rings. The van der Waals surface area contributed by atoms with E-state index in [0.717, 1.165) is 15.6 Å². The summed E-state index contributed by atoms with van der Waals surface area (Å²) < 4.78 is 1.02. The zero-order valence-electron chi connectivity index (χ0n) is 6.72. The van der Waals surface area contributed by atoms with Crippen molar-refractivity contribution in [2.45, 2.75) is 13.0 Å². The van der Waals surface area contributed by atoms with Crippen LogP contribution < -0.4 is 0 Å². The molecule has 0 radical (unpaired) electrons. The van der Waals surface area contributed by atoms with Crippen LogP contribution in [0.5, 0.6) is 0 Å². The maximum Gasteiger partial charge on any atom is 0.0927 e. The van der Waals surface area contributed by atoms with Gasteiger partial charge in [-0.2, -0.15) is 0 Å². The molecule has 1 aromatic carbocycles. The van der Waals surface area contributed by atoms with Gasteiger partial charge < -0.3 is 5.11 Å². The van der Waals surface area contributed by atoms with Crippen molar-refractivity contribution < 1.29 is 5.11 Å². The Balaban J connectivity index is 3.01. The smallest absolute Gasteiger partial charge is 0.0927 e. The van der Waals surface area contributed by atoms with Crippen LogP contribution >= 0.6 is 27.5 Å². The number of hydrogen-bond acceptors (Lipinski definition) is 1. The highest BCUT2D eigenvalue weighted by atomic mass is 79.9. The van der Waals surface area contributed by atoms with Crippen molar-refractivity contribution in [3.63, 3.8) is 0 Å². The topological polar surface area (TPSA) is 20.2 Å². The average molecular weight is 250 g/mol. The first-order chi connectivity index (χ1) is 5.65. The zero-order valence-corrected chi connectivity index (χ0v) is 9.06. The van der Waals surface area contributed by atoms with E-state index in [2.05, 4.69) is 15.9 Å². The van der Waals surface area contributed by atoms with Crippen molar-refractivity contribution in [3.05, 3.63) is 33.8 Å². The van der Waals surface area contributed by atoms with Crippen molar-refractivity contribution >= 4 is 27.5 Å². The van der Waals surface area contributed by atoms with Crippen molar-refractivity contribution in [1.82, 2.24) is 0 Å². The standard InChI is InChI=1S/C9H10BrClO/c1-6-4-7(10)2-3-8(6)9(12)5-11/h2-4,9,12H,5H2,1H3. The summed E-state index contributed by atoms with van der Waals surface area (Å²) >= 11 is 8.89. The Kier molecular flexibility index (Phi) is 3.56. The number of hydrogen-bond donors (Lipinski definition) is 1. The van der Waals surface area contributed by atoms with E-state index >= 15 is 0 Å². The van der Waals surface area contributed by atoms with E-state index in [4.69, 9.17) is 11.6 Å². The van der Waals surface area contributed by atoms with Gasteiger partial charge >= 0.3 is 0 Å². The number of aryl methyl sites for hydroxylation is 1. The predicted octanol–water partition coefficient (Wildman–Crippen LogP) is 3.03. The minimum absolute atomic E-state index is 0.239. The highest BCUT2D eigenvalue weighted by molar-refractivity contribution is 9.10. The molecule has 0 aromatic heterocycles. The number of alkyl halides is 1. The lowest BCUT2D eigenvalue weighted by atomic mass is 10.1. The van der Waals surface area contributed by atoms with Gasteiger partial charge in [0.2, 0.25) is 0 Å². The maximum absolute atomic E-state index is 9.45. The summed E-state index contributed by atoms with van der Waals surface area (Å²) in [5.41, 5.74) is 1.95. The Bertz CT molecular complexity index is 275. The molecule has 1 rings (SSSR count). The summed E-state index contributed by atoms with van der Waals surface area (Å²) in [4.78, 5) is 0. The number of rotatable bonds is 2. The molecule has 1 nitrogen and oxygen atoms in total. The van der Waals surface area contributed by atoms with Gasteiger partial charge in [0.1, 0.15) is 0 Å². The van der Waals surface area contributed by atoms with E-state index in [0.29, 0.717) is 0 Å². The third kappa shape index (κ3) is 2.22. The van der Waals surface area contributed by atoms with Gasteiger partial charge in [0.25, 0.3) is 0 Å². The number of benzene rings is 1. The van der Waals surface area contributed by atoms with Gasteiger partial charge in [-0.05, 0) is 30.2 Å². The van der Waals surface area contributed by atoms with Crippen LogP contribution in [-0.2, 0) is 0 Å². The molecule has 12 heavy (non-hydrogen) atoms. The summed E-state index contributed by atoms with van der Waals surface area (Å²) in [7, 11) is 0. The highest BCUT2D eigenvalue weighted by Gasteiger charge is 2.08. The molecule has 0 amide bonds. The van der Waals surface area contributed by atoms with E-state index in [-0.39, 0.29) is 5.88 Å². The Morgan fingerprint density at radius 2 is 2.25 bits per heavy atom. The fourth-order valence-electron chi connectivity index (χ4n) is 1.10. The normalized spacial score (nSPS) is 13.0. The van der Waals surface area contributed by atoms with Crippen molar-refractivity contribution in [1.29, 1.82) is 0 Å². The summed E-state index contributed by atoms with van der Waals surface area (Å²) in [6.45, 7) is 1.95. The lowest BCUT2D eigenvalue weighted by molar-refractivity contribution is 0.202. The fraction of sp³-hybridized carbons (Fsp3) is 0.333. The minimum atomic E-state index is -0.556. The molecule has 66 valence electrons. The zero-order chi connectivity index (χ0) is 9.14. The Hall–Kier alpha value is -0.0500. The molecule has 1 unspecified atom stereocenters. The summed E-state index contributed by atoms with van der Waals surface area (Å²) in [5.74, 6) is 0.239. The van der Waals surface area contributed by atoms with Crippen LogP contribution in [0.2, 0.25) is 0 Å². The first kappa shape index (κ1) is 10.0. The lowest BCUT2D eigenvalue weighted by Gasteiger charge is -2.10. The third-order valence-corrected chi connectivity index (χ3v) is 2.52. The monoisotopic (exact) mass is 248 g/mol. The molecule has 0 spiro atoms. The Morgan fingerprint density at radius 3 is 2.75 bits per heavy atom. The van der Waals surface area contributed by atoms with Crippen molar-refractivity contribution in [2.24, 2.45) is 0 Å². The average Bonchev–Trinajstić information content (AvgIpc) is 2.03. The van der Waals surface area contributed by atoms with Crippen LogP contribution in [-0.4, -0.2) is 11.0 Å². The Labute approximate surface area is 85.5 Å². The second kappa shape index (κ2) is 4.26. The number of halogens is 2. The highest BCUT2D eigenvalue weighted by Crippen LogP contribution is 2.22. The van der Waals surface area contributed by atoms with E-state index in [1.165, 1.54) is 0 Å². The summed E-state index contributed by atoms with van der Waals surface area (Å²) in [6.07, 6.45) is -0.556. The first-order valence-corrected chi connectivity index (χ1v) is 4.98. The van der Waals surface area contributed by atoms with Crippen LogP contribution in [0.25, 0.3) is 0 Å². The van der Waals surface area contributed by atoms with Crippen LogP contribution in [0.15, 0.2) is 22.7 Å². The fourth-order valence-corrected chi connectivity index (χ4v) is 1.74. The number of aliphatic hydroxyl groups excluding tert-OH is 1. The van der Waals surface area contributed by atoms with Crippen LogP contribution in [0.1, 0.15) is 17.2 Å². The Morgan fingerprint density at radius 1 is 1.58 bits per heavy atom. The number of aliphatic hydroxyl groups is 1. The van der Waals surface area contributed by atoms with Crippen molar-refractivity contribution in [3.8, 4) is 0 Å². The van der Waals surface area contributed by atoms with Crippen LogP contribution in [0, 0.1) is 6.92 Å². The van der Waals surface area contributed by atoms with E-state index in [9.17, 15) is 5.11 Å². The predicted molar refractivity (Wildman–Crippen MR) is 54.6 cm³/mol. The molecule has 0 bridgehead atoms. The van der Waals surface area contributed by atoms with E-state index in [1.807, 2.05) is 25.1 Å². The summed E-state index contributed by atoms with van der Waals surface area (Å²) in [6, 6.07) is 5.75. The molecular weight excluding hydrogens is 239 g/mol. The SMILES string of the molecule is Cc1cc(Br)ccc1C(O)CCl. The molecule has 0 aliphatic rings. The van der Waals surface area contributed by atoms with Crippen molar-refractivity contribution in [2.75, 3.05) is 5.88 Å². The first-order valence-electron chi connectivity index (χ1n) is 3.65. The molecule has 0 saturated heterocycles. The molecule has 1 atom stereocenters. The molecule has 0 heterocycles. The van der Waals surface area contributed by atoms with E-state index < -0.39 is 6.10 Å². The van der Waals surface area contributed by atoms with Gasteiger partial charge in [-0.15, -0.1) is 11.6 Å². The van der Waals surface area contributed by atoms with Gasteiger partial charge in [-0.25, -0.2) is 0 Å². The second-order valence-corrected chi connectivity index (χ2v) is 3.90. The molecule has 3 heteroatoms. The van der Waals surface area contributed by atoms with Gasteiger partial charge in [-0.3, -0.25) is 0 Å². The molecule has 0 aliphatic heterocycles. The molecule has 0 aliphatic carbocycles. The maximum atomic E-state index is 9.45. The molecular formula is C9H10BrClO. The van der Waals surface area contributed by atoms with Gasteiger partial charge in [-0.1, -0.05) is 22.0 Å². The molecule has 0 fully saturated rings. The van der Waals surface area contributed by atoms with Gasteiger partial charge in [0.05, 0.1) is 12.0 Å². The largest absolute Gasteiger partial charge is 0.387 e. The second-order valence-electron chi connectivity index (χ2n) is 2.67. The van der Waals surface area contributed by atoms with Gasteiger partial charge in [0.15, 0.2) is 0 Å². The molecule has 1 N–H and O–H groups in total. The summed E-state index contributed by atoms with van der Waals surface area (Å²) in [5, 5.41) is 9.45.